The van der Waals surface area contributed by atoms with Crippen molar-refractivity contribution in [1.29, 1.82) is 5.26 Å². The van der Waals surface area contributed by atoms with Crippen molar-refractivity contribution in [3.8, 4) is 6.07 Å². The average Bonchev–Trinajstić information content (AvgIpc) is 2.80. The number of carbonyl (C=O) groups is 2. The molecular weight excluding hydrogens is 401 g/mol. The fourth-order valence-electron chi connectivity index (χ4n) is 3.78. The van der Waals surface area contributed by atoms with Crippen molar-refractivity contribution in [2.24, 2.45) is 0 Å². The summed E-state index contributed by atoms with van der Waals surface area (Å²) >= 11 is 0. The quantitative estimate of drug-likeness (QED) is 0.570. The molecule has 0 bridgehead atoms. The second-order valence-electron chi connectivity index (χ2n) is 7.55. The molecule has 1 aromatic rings. The zero-order chi connectivity index (χ0) is 22.2. The molecule has 166 valence electrons. The number of rotatable bonds is 5. The number of nitrogens with zero attached hydrogens (tertiary/aromatic N) is 4. The summed E-state index contributed by atoms with van der Waals surface area (Å²) < 4.78 is 18.1. The molecule has 0 saturated carbocycles. The third-order valence-corrected chi connectivity index (χ3v) is 5.59. The zero-order valence-electron chi connectivity index (χ0n) is 17.7. The minimum Gasteiger partial charge on any atom is -0.450 e. The third kappa shape index (κ3) is 5.87. The molecule has 0 atom stereocenters. The van der Waals surface area contributed by atoms with Gasteiger partial charge in [-0.25, -0.2) is 9.18 Å². The number of nitriles is 1. The summed E-state index contributed by atoms with van der Waals surface area (Å²) in [6.45, 7) is 5.51. The minimum atomic E-state index is -0.302. The highest BCUT2D eigenvalue weighted by atomic mass is 19.1. The minimum absolute atomic E-state index is 0.0723. The molecule has 0 aliphatic carbocycles. The number of piperazine rings is 1. The largest absolute Gasteiger partial charge is 0.450 e. The Hall–Kier alpha value is -3.28. The van der Waals surface area contributed by atoms with Crippen LogP contribution < -0.4 is 10.2 Å². The number of carbonyl (C=O) groups excluding carboxylic acids is 2. The second kappa shape index (κ2) is 10.7. The van der Waals surface area contributed by atoms with Crippen LogP contribution in [-0.4, -0.2) is 73.7 Å². The predicted molar refractivity (Wildman–Crippen MR) is 114 cm³/mol. The van der Waals surface area contributed by atoms with Crippen LogP contribution in [0.1, 0.15) is 19.8 Å². The Morgan fingerprint density at radius 2 is 1.77 bits per heavy atom. The summed E-state index contributed by atoms with van der Waals surface area (Å²) in [5.41, 5.74) is 0.989. The second-order valence-corrected chi connectivity index (χ2v) is 7.55. The van der Waals surface area contributed by atoms with Gasteiger partial charge in [-0.15, -0.1) is 0 Å². The fourth-order valence-corrected chi connectivity index (χ4v) is 3.78. The third-order valence-electron chi connectivity index (χ3n) is 5.59. The van der Waals surface area contributed by atoms with E-state index in [1.54, 1.807) is 28.9 Å². The Morgan fingerprint density at radius 3 is 2.35 bits per heavy atom. The van der Waals surface area contributed by atoms with Gasteiger partial charge in [0.2, 0.25) is 0 Å². The lowest BCUT2D eigenvalue weighted by Gasteiger charge is -2.36. The van der Waals surface area contributed by atoms with Gasteiger partial charge in [0.15, 0.2) is 0 Å². The van der Waals surface area contributed by atoms with E-state index < -0.39 is 0 Å². The molecule has 0 radical (unpaired) electrons. The van der Waals surface area contributed by atoms with E-state index in [4.69, 9.17) is 4.74 Å². The number of piperidine rings is 1. The first-order valence-corrected chi connectivity index (χ1v) is 10.6. The highest BCUT2D eigenvalue weighted by molar-refractivity contribution is 5.97. The van der Waals surface area contributed by atoms with Crippen LogP contribution in [0.3, 0.4) is 0 Å². The lowest BCUT2D eigenvalue weighted by Crippen LogP contribution is -2.49. The van der Waals surface area contributed by atoms with Crippen molar-refractivity contribution in [2.45, 2.75) is 25.8 Å². The number of benzene rings is 1. The maximum atomic E-state index is 13.1. The van der Waals surface area contributed by atoms with Gasteiger partial charge in [-0.3, -0.25) is 4.79 Å². The van der Waals surface area contributed by atoms with E-state index in [2.05, 4.69) is 10.2 Å². The van der Waals surface area contributed by atoms with Gasteiger partial charge in [0.25, 0.3) is 5.91 Å². The van der Waals surface area contributed by atoms with Crippen molar-refractivity contribution in [3.63, 3.8) is 0 Å². The first kappa shape index (κ1) is 22.4. The Labute approximate surface area is 181 Å². The highest BCUT2D eigenvalue weighted by Gasteiger charge is 2.26. The van der Waals surface area contributed by atoms with Gasteiger partial charge in [0.05, 0.1) is 6.61 Å². The Kier molecular flexibility index (Phi) is 7.70. The van der Waals surface area contributed by atoms with Crippen molar-refractivity contribution in [1.82, 2.24) is 15.1 Å². The van der Waals surface area contributed by atoms with Crippen LogP contribution in [-0.2, 0) is 9.53 Å². The molecule has 2 amide bonds. The summed E-state index contributed by atoms with van der Waals surface area (Å²) in [6.07, 6.45) is 2.64. The van der Waals surface area contributed by atoms with Crippen LogP contribution in [0.15, 0.2) is 36.0 Å². The molecule has 2 aliphatic heterocycles. The van der Waals surface area contributed by atoms with Crippen molar-refractivity contribution in [3.05, 3.63) is 41.9 Å². The van der Waals surface area contributed by atoms with Gasteiger partial charge < -0.3 is 24.8 Å². The maximum Gasteiger partial charge on any atom is 0.409 e. The summed E-state index contributed by atoms with van der Waals surface area (Å²) in [5.74, 6) is -0.571. The molecule has 2 aliphatic rings. The van der Waals surface area contributed by atoms with Crippen LogP contribution in [0.2, 0.25) is 0 Å². The molecule has 1 N–H and O–H groups in total. The number of hydrogen-bond donors (Lipinski definition) is 1. The maximum absolute atomic E-state index is 13.1. The molecule has 31 heavy (non-hydrogen) atoms. The highest BCUT2D eigenvalue weighted by Crippen LogP contribution is 2.18. The van der Waals surface area contributed by atoms with Crippen LogP contribution in [0.4, 0.5) is 14.9 Å². The van der Waals surface area contributed by atoms with E-state index in [-0.39, 0.29) is 29.4 Å². The number of amides is 2. The molecule has 2 heterocycles. The summed E-state index contributed by atoms with van der Waals surface area (Å²) in [6, 6.07) is 8.39. The standard InChI is InChI=1S/C22H28FN5O3/c1-2-31-22(30)28-9-7-19(8-10-28)25-16-17(15-24)21(29)27-13-11-26(12-14-27)20-5-3-18(23)4-6-20/h3-6,16,19,25H,2,7-14H2,1H3/b17-16-. The number of likely N-dealkylation sites (tertiary alicyclic amines) is 1. The Balaban J connectivity index is 1.48. The van der Waals surface area contributed by atoms with E-state index in [0.717, 1.165) is 18.5 Å². The van der Waals surface area contributed by atoms with E-state index in [0.29, 0.717) is 45.9 Å². The van der Waals surface area contributed by atoms with Crippen LogP contribution in [0.5, 0.6) is 0 Å². The molecule has 0 aromatic heterocycles. The summed E-state index contributed by atoms with van der Waals surface area (Å²) in [7, 11) is 0. The van der Waals surface area contributed by atoms with Gasteiger partial charge in [-0.05, 0) is 44.0 Å². The molecule has 9 heteroatoms. The van der Waals surface area contributed by atoms with Crippen molar-refractivity contribution < 1.29 is 18.7 Å². The van der Waals surface area contributed by atoms with Gasteiger partial charge in [0, 0.05) is 57.2 Å². The monoisotopic (exact) mass is 429 g/mol. The lowest BCUT2D eigenvalue weighted by atomic mass is 10.1. The number of halogens is 1. The van der Waals surface area contributed by atoms with Crippen LogP contribution >= 0.6 is 0 Å². The lowest BCUT2D eigenvalue weighted by molar-refractivity contribution is -0.127. The van der Waals surface area contributed by atoms with Crippen LogP contribution in [0.25, 0.3) is 0 Å². The molecule has 2 saturated heterocycles. The van der Waals surface area contributed by atoms with Gasteiger partial charge in [-0.2, -0.15) is 5.26 Å². The van der Waals surface area contributed by atoms with Crippen molar-refractivity contribution >= 4 is 17.7 Å². The zero-order valence-corrected chi connectivity index (χ0v) is 17.7. The molecule has 1 aromatic carbocycles. The van der Waals surface area contributed by atoms with Gasteiger partial charge >= 0.3 is 6.09 Å². The smallest absolute Gasteiger partial charge is 0.409 e. The molecule has 2 fully saturated rings. The average molecular weight is 429 g/mol. The molecule has 8 nitrogen and oxygen atoms in total. The predicted octanol–water partition coefficient (Wildman–Crippen LogP) is 2.09. The number of anilines is 1. The number of hydrogen-bond acceptors (Lipinski definition) is 6. The number of nitrogens with one attached hydrogen (secondary N) is 1. The topological polar surface area (TPSA) is 88.9 Å². The van der Waals surface area contributed by atoms with E-state index in [1.807, 2.05) is 6.07 Å². The SMILES string of the molecule is CCOC(=O)N1CCC(N/C=C(/C#N)C(=O)N2CCN(c3ccc(F)cc3)CC2)CC1. The normalized spacial score (nSPS) is 17.8. The van der Waals surface area contributed by atoms with Crippen molar-refractivity contribution in [2.75, 3.05) is 50.8 Å². The van der Waals surface area contributed by atoms with E-state index in [9.17, 15) is 19.2 Å². The molecule has 3 rings (SSSR count). The van der Waals surface area contributed by atoms with E-state index >= 15 is 0 Å². The molecule has 0 spiro atoms. The number of ether oxygens (including phenoxy) is 1. The Bertz CT molecular complexity index is 836. The fraction of sp³-hybridized carbons (Fsp3) is 0.500. The molecular formula is C22H28FN5O3. The first-order valence-electron chi connectivity index (χ1n) is 10.6. The molecule has 0 unspecified atom stereocenters. The van der Waals surface area contributed by atoms with Gasteiger partial charge in [-0.1, -0.05) is 0 Å². The Morgan fingerprint density at radius 1 is 1.13 bits per heavy atom. The van der Waals surface area contributed by atoms with Crippen LogP contribution in [0, 0.1) is 17.1 Å². The van der Waals surface area contributed by atoms with Gasteiger partial charge in [0.1, 0.15) is 17.5 Å². The summed E-state index contributed by atoms with van der Waals surface area (Å²) in [5, 5.41) is 12.6. The first-order chi connectivity index (χ1) is 15.0. The summed E-state index contributed by atoms with van der Waals surface area (Å²) in [4.78, 5) is 30.0. The van der Waals surface area contributed by atoms with E-state index in [1.165, 1.54) is 18.3 Å².